The molecule has 21 heavy (non-hydrogen) atoms. The van der Waals surface area contributed by atoms with Crippen molar-refractivity contribution in [3.8, 4) is 0 Å². The predicted octanol–water partition coefficient (Wildman–Crippen LogP) is 2.34. The van der Waals surface area contributed by atoms with Crippen LogP contribution in [0.2, 0.25) is 0 Å². The van der Waals surface area contributed by atoms with Gasteiger partial charge in [0.25, 0.3) is 5.91 Å². The van der Waals surface area contributed by atoms with Crippen molar-refractivity contribution in [2.24, 2.45) is 0 Å². The number of amides is 1. The van der Waals surface area contributed by atoms with Crippen LogP contribution in [0.25, 0.3) is 0 Å². The van der Waals surface area contributed by atoms with Gasteiger partial charge in [-0.05, 0) is 26.7 Å². The highest BCUT2D eigenvalue weighted by molar-refractivity contribution is 5.96. The first kappa shape index (κ1) is 17.2. The van der Waals surface area contributed by atoms with E-state index in [1.807, 2.05) is 20.8 Å². The molecule has 0 aliphatic heterocycles. The molecular formula is C15H25N3O3. The van der Waals surface area contributed by atoms with E-state index in [1.54, 1.807) is 16.5 Å². The summed E-state index contributed by atoms with van der Waals surface area (Å²) >= 11 is 0. The lowest BCUT2D eigenvalue weighted by molar-refractivity contribution is 0.0518. The molecule has 0 aliphatic carbocycles. The predicted molar refractivity (Wildman–Crippen MR) is 80.3 cm³/mol. The molecule has 0 radical (unpaired) electrons. The molecule has 1 aromatic heterocycles. The van der Waals surface area contributed by atoms with Gasteiger partial charge in [0.05, 0.1) is 6.61 Å². The number of ether oxygens (including phenoxy) is 1. The van der Waals surface area contributed by atoms with Crippen LogP contribution < -0.4 is 0 Å². The van der Waals surface area contributed by atoms with Crippen LogP contribution in [0.3, 0.4) is 0 Å². The van der Waals surface area contributed by atoms with Crippen LogP contribution in [0.1, 0.15) is 61.5 Å². The van der Waals surface area contributed by atoms with Crippen molar-refractivity contribution in [2.45, 2.75) is 47.1 Å². The standard InChI is InChI=1S/C15H25N3O3/c1-5-9-17(10-6-2)14(19)13-11-12(15(20)21-8-4)16-18(13)7-3/h11H,5-10H2,1-4H3. The number of hydrogen-bond donors (Lipinski definition) is 0. The number of aromatic nitrogens is 2. The van der Waals surface area contributed by atoms with Crippen molar-refractivity contribution in [3.63, 3.8) is 0 Å². The van der Waals surface area contributed by atoms with E-state index in [9.17, 15) is 9.59 Å². The van der Waals surface area contributed by atoms with E-state index in [2.05, 4.69) is 5.10 Å². The Morgan fingerprint density at radius 1 is 1.19 bits per heavy atom. The molecule has 0 aliphatic rings. The third-order valence-corrected chi connectivity index (χ3v) is 3.06. The van der Waals surface area contributed by atoms with Crippen LogP contribution >= 0.6 is 0 Å². The van der Waals surface area contributed by atoms with Crippen LogP contribution in [0.4, 0.5) is 0 Å². The van der Waals surface area contributed by atoms with Gasteiger partial charge in [-0.1, -0.05) is 13.8 Å². The van der Waals surface area contributed by atoms with Crippen molar-refractivity contribution in [1.29, 1.82) is 0 Å². The van der Waals surface area contributed by atoms with E-state index in [1.165, 1.54) is 6.07 Å². The number of carbonyl (C=O) groups excluding carboxylic acids is 2. The average molecular weight is 295 g/mol. The summed E-state index contributed by atoms with van der Waals surface area (Å²) < 4.78 is 6.50. The third-order valence-electron chi connectivity index (χ3n) is 3.06. The van der Waals surface area contributed by atoms with E-state index in [4.69, 9.17) is 4.74 Å². The number of esters is 1. The number of hydrogen-bond acceptors (Lipinski definition) is 4. The van der Waals surface area contributed by atoms with Gasteiger partial charge < -0.3 is 9.64 Å². The Bertz CT molecular complexity index is 477. The van der Waals surface area contributed by atoms with E-state index in [0.717, 1.165) is 12.8 Å². The summed E-state index contributed by atoms with van der Waals surface area (Å²) in [4.78, 5) is 26.2. The number of carbonyl (C=O) groups is 2. The van der Waals surface area contributed by atoms with Gasteiger partial charge in [-0.25, -0.2) is 4.79 Å². The Labute approximate surface area is 126 Å². The minimum atomic E-state index is -0.490. The maximum atomic E-state index is 12.6. The fourth-order valence-corrected chi connectivity index (χ4v) is 2.15. The number of rotatable bonds is 8. The Kier molecular flexibility index (Phi) is 6.91. The van der Waals surface area contributed by atoms with Gasteiger partial charge >= 0.3 is 5.97 Å². The Morgan fingerprint density at radius 2 is 1.81 bits per heavy atom. The van der Waals surface area contributed by atoms with Gasteiger partial charge in [-0.3, -0.25) is 9.48 Å². The summed E-state index contributed by atoms with van der Waals surface area (Å²) in [6.45, 7) is 9.94. The maximum absolute atomic E-state index is 12.6. The first-order valence-corrected chi connectivity index (χ1v) is 7.63. The van der Waals surface area contributed by atoms with Gasteiger partial charge in [-0.2, -0.15) is 5.10 Å². The fourth-order valence-electron chi connectivity index (χ4n) is 2.15. The highest BCUT2D eigenvalue weighted by Gasteiger charge is 2.22. The molecular weight excluding hydrogens is 270 g/mol. The molecule has 118 valence electrons. The molecule has 0 aromatic carbocycles. The van der Waals surface area contributed by atoms with Crippen LogP contribution in [-0.2, 0) is 11.3 Å². The first-order valence-electron chi connectivity index (χ1n) is 7.63. The van der Waals surface area contributed by atoms with Crippen molar-refractivity contribution < 1.29 is 14.3 Å². The first-order chi connectivity index (χ1) is 10.1. The lowest BCUT2D eigenvalue weighted by Crippen LogP contribution is -2.34. The molecule has 0 saturated heterocycles. The molecule has 6 heteroatoms. The molecule has 1 amide bonds. The molecule has 0 fully saturated rings. The average Bonchev–Trinajstić information content (AvgIpc) is 2.91. The molecule has 1 rings (SSSR count). The van der Waals surface area contributed by atoms with Crippen molar-refractivity contribution in [2.75, 3.05) is 19.7 Å². The summed E-state index contributed by atoms with van der Waals surface area (Å²) in [6, 6.07) is 1.53. The van der Waals surface area contributed by atoms with E-state index >= 15 is 0 Å². The summed E-state index contributed by atoms with van der Waals surface area (Å²) in [5.41, 5.74) is 0.637. The number of nitrogens with zero attached hydrogens (tertiary/aromatic N) is 3. The quantitative estimate of drug-likeness (QED) is 0.691. The van der Waals surface area contributed by atoms with Crippen molar-refractivity contribution in [1.82, 2.24) is 14.7 Å². The van der Waals surface area contributed by atoms with Crippen molar-refractivity contribution >= 4 is 11.9 Å². The smallest absolute Gasteiger partial charge is 0.358 e. The van der Waals surface area contributed by atoms with E-state index < -0.39 is 5.97 Å². The monoisotopic (exact) mass is 295 g/mol. The summed E-state index contributed by atoms with van der Waals surface area (Å²) in [5.74, 6) is -0.570. The van der Waals surface area contributed by atoms with Gasteiger partial charge in [0, 0.05) is 25.7 Å². The van der Waals surface area contributed by atoms with Crippen LogP contribution in [0, 0.1) is 0 Å². The molecule has 0 saturated carbocycles. The number of aryl methyl sites for hydroxylation is 1. The lowest BCUT2D eigenvalue weighted by atomic mass is 10.2. The maximum Gasteiger partial charge on any atom is 0.358 e. The molecule has 0 spiro atoms. The molecule has 6 nitrogen and oxygen atoms in total. The van der Waals surface area contributed by atoms with Crippen LogP contribution in [0.5, 0.6) is 0 Å². The van der Waals surface area contributed by atoms with Gasteiger partial charge in [-0.15, -0.1) is 0 Å². The van der Waals surface area contributed by atoms with Gasteiger partial charge in [0.2, 0.25) is 0 Å². The zero-order valence-electron chi connectivity index (χ0n) is 13.4. The molecule has 0 unspecified atom stereocenters. The highest BCUT2D eigenvalue weighted by atomic mass is 16.5. The van der Waals surface area contributed by atoms with E-state index in [0.29, 0.717) is 31.9 Å². The van der Waals surface area contributed by atoms with Crippen LogP contribution in [-0.4, -0.2) is 46.3 Å². The molecule has 0 atom stereocenters. The second-order valence-corrected chi connectivity index (χ2v) is 4.74. The zero-order chi connectivity index (χ0) is 15.8. The normalized spacial score (nSPS) is 10.5. The minimum Gasteiger partial charge on any atom is -0.461 e. The molecule has 0 bridgehead atoms. The van der Waals surface area contributed by atoms with Crippen LogP contribution in [0.15, 0.2) is 6.07 Å². The largest absolute Gasteiger partial charge is 0.461 e. The third kappa shape index (κ3) is 4.31. The Hall–Kier alpha value is -1.85. The summed E-state index contributed by atoms with van der Waals surface area (Å²) in [7, 11) is 0. The second kappa shape index (κ2) is 8.44. The van der Waals surface area contributed by atoms with Crippen molar-refractivity contribution in [3.05, 3.63) is 17.5 Å². The topological polar surface area (TPSA) is 64.4 Å². The fraction of sp³-hybridized carbons (Fsp3) is 0.667. The van der Waals surface area contributed by atoms with Gasteiger partial charge in [0.1, 0.15) is 5.69 Å². The Morgan fingerprint density at radius 3 is 2.29 bits per heavy atom. The summed E-state index contributed by atoms with van der Waals surface area (Å²) in [5, 5.41) is 4.17. The Balaban J connectivity index is 3.04. The SMILES string of the molecule is CCCN(CCC)C(=O)c1cc(C(=O)OCC)nn1CC. The minimum absolute atomic E-state index is 0.0800. The second-order valence-electron chi connectivity index (χ2n) is 4.74. The lowest BCUT2D eigenvalue weighted by Gasteiger charge is -2.21. The highest BCUT2D eigenvalue weighted by Crippen LogP contribution is 2.11. The van der Waals surface area contributed by atoms with E-state index in [-0.39, 0.29) is 11.6 Å². The molecule has 1 aromatic rings. The zero-order valence-corrected chi connectivity index (χ0v) is 13.4. The van der Waals surface area contributed by atoms with Gasteiger partial charge in [0.15, 0.2) is 5.69 Å². The summed E-state index contributed by atoms with van der Waals surface area (Å²) in [6.07, 6.45) is 1.80. The molecule has 1 heterocycles. The molecule has 0 N–H and O–H groups in total.